The second kappa shape index (κ2) is 3.52. The van der Waals surface area contributed by atoms with E-state index in [-0.39, 0.29) is 0 Å². The van der Waals surface area contributed by atoms with Gasteiger partial charge >= 0.3 is 24.6 Å². The van der Waals surface area contributed by atoms with Crippen molar-refractivity contribution in [1.82, 2.24) is 0 Å². The molecule has 0 fully saturated rings. The zero-order chi connectivity index (χ0) is 11.8. The van der Waals surface area contributed by atoms with Gasteiger partial charge in [0.1, 0.15) is 0 Å². The summed E-state index contributed by atoms with van der Waals surface area (Å²) >= 11 is 0. The molecule has 9 heteroatoms. The zero-order valence-corrected chi connectivity index (χ0v) is 6.51. The Hall–Kier alpha value is -0.600. The molecule has 0 aromatic carbocycles. The first-order valence-electron chi connectivity index (χ1n) is 3.02. The van der Waals surface area contributed by atoms with Crippen molar-refractivity contribution in [2.45, 2.75) is 31.5 Å². The van der Waals surface area contributed by atoms with Gasteiger partial charge in [0, 0.05) is 6.92 Å². The summed E-state index contributed by atoms with van der Waals surface area (Å²) in [7, 11) is 0. The van der Waals surface area contributed by atoms with E-state index in [4.69, 9.17) is 0 Å². The number of rotatable bonds is 3. The van der Waals surface area contributed by atoms with E-state index in [1.54, 1.807) is 0 Å². The van der Waals surface area contributed by atoms with E-state index in [1.165, 1.54) is 0 Å². The molecule has 0 aliphatic carbocycles. The molecule has 0 bridgehead atoms. The molecule has 0 amide bonds. The zero-order valence-electron chi connectivity index (χ0n) is 6.51. The fourth-order valence-corrected chi connectivity index (χ4v) is 0.358. The smallest absolute Gasteiger partial charge is 0.270 e. The summed E-state index contributed by atoms with van der Waals surface area (Å²) in [5.74, 6) is -4.83. The molecule has 0 spiro atoms. The fraction of sp³-hybridized carbons (Fsp3) is 1.00. The van der Waals surface area contributed by atoms with E-state index >= 15 is 0 Å². The standard InChI is InChI=1S/C5H4F8O/c1-3(8,5(11,12)13)14-4(9,10)2(6)7/h2H,1H3. The molecule has 1 unspecified atom stereocenters. The van der Waals surface area contributed by atoms with Gasteiger partial charge in [-0.25, -0.2) is 13.2 Å². The first-order valence-corrected chi connectivity index (χ1v) is 3.02. The van der Waals surface area contributed by atoms with E-state index in [0.29, 0.717) is 0 Å². The van der Waals surface area contributed by atoms with E-state index in [0.717, 1.165) is 0 Å². The van der Waals surface area contributed by atoms with Crippen LogP contribution in [-0.2, 0) is 4.74 Å². The van der Waals surface area contributed by atoms with Crippen LogP contribution in [0.5, 0.6) is 0 Å². The van der Waals surface area contributed by atoms with Crippen molar-refractivity contribution in [2.75, 3.05) is 0 Å². The third-order valence-corrected chi connectivity index (χ3v) is 1.09. The van der Waals surface area contributed by atoms with E-state index in [1.807, 2.05) is 0 Å². The molecule has 0 aromatic rings. The third-order valence-electron chi connectivity index (χ3n) is 1.09. The maximum atomic E-state index is 12.3. The second-order valence-electron chi connectivity index (χ2n) is 2.38. The Morgan fingerprint density at radius 3 is 1.50 bits per heavy atom. The van der Waals surface area contributed by atoms with Crippen molar-refractivity contribution < 1.29 is 39.9 Å². The summed E-state index contributed by atoms with van der Waals surface area (Å²) in [5, 5.41) is 0. The number of halogens is 8. The molecule has 1 atom stereocenters. The Bertz CT molecular complexity index is 194. The van der Waals surface area contributed by atoms with Gasteiger partial charge in [0.05, 0.1) is 0 Å². The van der Waals surface area contributed by atoms with Crippen LogP contribution >= 0.6 is 0 Å². The van der Waals surface area contributed by atoms with Crippen LogP contribution in [-0.4, -0.2) is 24.6 Å². The lowest BCUT2D eigenvalue weighted by Crippen LogP contribution is -2.48. The van der Waals surface area contributed by atoms with Gasteiger partial charge in [-0.2, -0.15) is 22.0 Å². The summed E-state index contributed by atoms with van der Waals surface area (Å²) in [5.41, 5.74) is 0. The molecular weight excluding hydrogens is 228 g/mol. The van der Waals surface area contributed by atoms with Crippen LogP contribution in [0.2, 0.25) is 0 Å². The molecule has 14 heavy (non-hydrogen) atoms. The minimum Gasteiger partial charge on any atom is -0.270 e. The summed E-state index contributed by atoms with van der Waals surface area (Å²) in [6.45, 7) is -0.427. The minimum absolute atomic E-state index is 0.427. The second-order valence-corrected chi connectivity index (χ2v) is 2.38. The SMILES string of the molecule is CC(F)(OC(F)(F)C(F)F)C(F)(F)F. The van der Waals surface area contributed by atoms with Crippen LogP contribution < -0.4 is 0 Å². The molecule has 0 rings (SSSR count). The van der Waals surface area contributed by atoms with Crippen LogP contribution in [0, 0.1) is 0 Å². The van der Waals surface area contributed by atoms with Crippen molar-refractivity contribution in [2.24, 2.45) is 0 Å². The number of hydrogen-bond donors (Lipinski definition) is 0. The highest BCUT2D eigenvalue weighted by Gasteiger charge is 2.61. The molecule has 0 N–H and O–H groups in total. The first-order chi connectivity index (χ1) is 5.90. The Kier molecular flexibility index (Phi) is 3.37. The molecule has 0 aromatic heterocycles. The predicted molar refractivity (Wildman–Crippen MR) is 27.6 cm³/mol. The van der Waals surface area contributed by atoms with E-state index in [9.17, 15) is 35.1 Å². The fourth-order valence-electron chi connectivity index (χ4n) is 0.358. The highest BCUT2D eigenvalue weighted by atomic mass is 19.4. The number of hydrogen-bond acceptors (Lipinski definition) is 1. The van der Waals surface area contributed by atoms with Crippen LogP contribution in [0.1, 0.15) is 6.92 Å². The van der Waals surface area contributed by atoms with Crippen LogP contribution in [0.15, 0.2) is 0 Å². The van der Waals surface area contributed by atoms with Gasteiger partial charge in [-0.05, 0) is 0 Å². The third kappa shape index (κ3) is 2.96. The molecule has 1 nitrogen and oxygen atoms in total. The Morgan fingerprint density at radius 1 is 0.929 bits per heavy atom. The molecule has 0 saturated carbocycles. The molecule has 86 valence electrons. The number of alkyl halides is 8. The van der Waals surface area contributed by atoms with E-state index in [2.05, 4.69) is 4.74 Å². The van der Waals surface area contributed by atoms with Gasteiger partial charge < -0.3 is 0 Å². The summed E-state index contributed by atoms with van der Waals surface area (Å²) in [6.07, 6.45) is -15.8. The maximum absolute atomic E-state index is 12.3. The van der Waals surface area contributed by atoms with E-state index < -0.39 is 31.5 Å². The van der Waals surface area contributed by atoms with Gasteiger partial charge in [-0.1, -0.05) is 0 Å². The van der Waals surface area contributed by atoms with Gasteiger partial charge in [-0.3, -0.25) is 4.74 Å². The minimum atomic E-state index is -5.81. The molecule has 0 aliphatic heterocycles. The summed E-state index contributed by atoms with van der Waals surface area (Å²) in [6, 6.07) is 0. The van der Waals surface area contributed by atoms with Gasteiger partial charge in [0.25, 0.3) is 0 Å². The highest BCUT2D eigenvalue weighted by Crippen LogP contribution is 2.40. The Morgan fingerprint density at radius 2 is 1.29 bits per heavy atom. The predicted octanol–water partition coefficient (Wildman–Crippen LogP) is 3.11. The van der Waals surface area contributed by atoms with Crippen molar-refractivity contribution in [3.8, 4) is 0 Å². The quantitative estimate of drug-likeness (QED) is 0.679. The highest BCUT2D eigenvalue weighted by molar-refractivity contribution is 4.74. The molecular formula is C5H4F8O. The van der Waals surface area contributed by atoms with Crippen molar-refractivity contribution in [1.29, 1.82) is 0 Å². The summed E-state index contributed by atoms with van der Waals surface area (Å²) < 4.78 is 95.7. The lowest BCUT2D eigenvalue weighted by molar-refractivity contribution is -0.425. The average molecular weight is 232 g/mol. The van der Waals surface area contributed by atoms with Gasteiger partial charge in [-0.15, -0.1) is 0 Å². The van der Waals surface area contributed by atoms with Crippen molar-refractivity contribution in [3.63, 3.8) is 0 Å². The van der Waals surface area contributed by atoms with Crippen LogP contribution in [0.25, 0.3) is 0 Å². The molecule has 0 aliphatic rings. The lowest BCUT2D eigenvalue weighted by atomic mass is 10.3. The molecule has 0 heterocycles. The van der Waals surface area contributed by atoms with Crippen molar-refractivity contribution >= 4 is 0 Å². The van der Waals surface area contributed by atoms with Crippen LogP contribution in [0.3, 0.4) is 0 Å². The monoisotopic (exact) mass is 232 g/mol. The van der Waals surface area contributed by atoms with Gasteiger partial charge in [0.15, 0.2) is 0 Å². The number of ether oxygens (including phenoxy) is 1. The van der Waals surface area contributed by atoms with Crippen LogP contribution in [0.4, 0.5) is 35.1 Å². The average Bonchev–Trinajstić information content (AvgIpc) is 1.80. The summed E-state index contributed by atoms with van der Waals surface area (Å²) in [4.78, 5) is 0. The Balaban J connectivity index is 4.67. The molecule has 0 radical (unpaired) electrons. The largest absolute Gasteiger partial charge is 0.448 e. The lowest BCUT2D eigenvalue weighted by Gasteiger charge is -2.27. The topological polar surface area (TPSA) is 9.23 Å². The first kappa shape index (κ1) is 13.4. The molecule has 0 saturated heterocycles. The van der Waals surface area contributed by atoms with Crippen molar-refractivity contribution in [3.05, 3.63) is 0 Å². The maximum Gasteiger partial charge on any atom is 0.448 e. The normalized spacial score (nSPS) is 18.4. The van der Waals surface area contributed by atoms with Gasteiger partial charge in [0.2, 0.25) is 0 Å². The Labute approximate surface area is 72.6 Å².